The van der Waals surface area contributed by atoms with Gasteiger partial charge in [-0.05, 0) is 30.2 Å². The average molecular weight is 253 g/mol. The Bertz CT molecular complexity index is 533. The molecule has 0 spiro atoms. The SMILES string of the molecule is Cc1ccc(C(C)(C)c2ccc(N(C)C)cc2)cc1. The normalized spacial score (nSPS) is 11.4. The number of hydrogen-bond acceptors (Lipinski definition) is 1. The van der Waals surface area contributed by atoms with Crippen LogP contribution in [-0.4, -0.2) is 14.1 Å². The molecule has 0 aliphatic carbocycles. The molecule has 0 atom stereocenters. The summed E-state index contributed by atoms with van der Waals surface area (Å²) in [5.74, 6) is 0. The van der Waals surface area contributed by atoms with Crippen molar-refractivity contribution in [3.8, 4) is 0 Å². The Hall–Kier alpha value is -1.76. The summed E-state index contributed by atoms with van der Waals surface area (Å²) < 4.78 is 0. The number of aryl methyl sites for hydroxylation is 1. The molecule has 0 bridgehead atoms. The van der Waals surface area contributed by atoms with Gasteiger partial charge in [0.1, 0.15) is 0 Å². The van der Waals surface area contributed by atoms with Crippen LogP contribution in [0, 0.1) is 6.92 Å². The van der Waals surface area contributed by atoms with E-state index in [1.54, 1.807) is 0 Å². The third kappa shape index (κ3) is 2.81. The fraction of sp³-hybridized carbons (Fsp3) is 0.333. The second-order valence-electron chi connectivity index (χ2n) is 5.93. The maximum atomic E-state index is 2.28. The van der Waals surface area contributed by atoms with Gasteiger partial charge in [0, 0.05) is 25.2 Å². The summed E-state index contributed by atoms with van der Waals surface area (Å²) in [5, 5.41) is 0. The van der Waals surface area contributed by atoms with E-state index in [9.17, 15) is 0 Å². The predicted octanol–water partition coefficient (Wildman–Crippen LogP) is 4.39. The first-order valence-electron chi connectivity index (χ1n) is 6.76. The van der Waals surface area contributed by atoms with E-state index in [1.165, 1.54) is 22.4 Å². The molecule has 0 saturated carbocycles. The molecule has 0 radical (unpaired) electrons. The van der Waals surface area contributed by atoms with Crippen molar-refractivity contribution in [3.63, 3.8) is 0 Å². The smallest absolute Gasteiger partial charge is 0.0361 e. The van der Waals surface area contributed by atoms with Crippen LogP contribution >= 0.6 is 0 Å². The lowest BCUT2D eigenvalue weighted by Crippen LogP contribution is -2.19. The van der Waals surface area contributed by atoms with E-state index in [1.807, 2.05) is 0 Å². The summed E-state index contributed by atoms with van der Waals surface area (Å²) in [4.78, 5) is 2.13. The summed E-state index contributed by atoms with van der Waals surface area (Å²) >= 11 is 0. The van der Waals surface area contributed by atoms with Crippen molar-refractivity contribution in [1.82, 2.24) is 0 Å². The molecule has 0 aliphatic heterocycles. The van der Waals surface area contributed by atoms with E-state index in [2.05, 4.69) is 88.3 Å². The molecular formula is C18H23N. The maximum Gasteiger partial charge on any atom is 0.0361 e. The molecule has 0 fully saturated rings. The van der Waals surface area contributed by atoms with Crippen LogP contribution in [0.1, 0.15) is 30.5 Å². The molecule has 100 valence electrons. The summed E-state index contributed by atoms with van der Waals surface area (Å²) in [5.41, 5.74) is 5.29. The predicted molar refractivity (Wildman–Crippen MR) is 84.1 cm³/mol. The molecule has 1 nitrogen and oxygen atoms in total. The molecule has 2 rings (SSSR count). The van der Waals surface area contributed by atoms with Crippen molar-refractivity contribution in [3.05, 3.63) is 65.2 Å². The quantitative estimate of drug-likeness (QED) is 0.784. The summed E-state index contributed by atoms with van der Waals surface area (Å²) in [7, 11) is 4.14. The largest absolute Gasteiger partial charge is 0.378 e. The first kappa shape index (κ1) is 13.7. The number of anilines is 1. The summed E-state index contributed by atoms with van der Waals surface area (Å²) in [6, 6.07) is 17.7. The highest BCUT2D eigenvalue weighted by Gasteiger charge is 2.22. The fourth-order valence-corrected chi connectivity index (χ4v) is 2.31. The molecule has 2 aromatic rings. The van der Waals surface area contributed by atoms with Gasteiger partial charge in [0.15, 0.2) is 0 Å². The minimum atomic E-state index is 0.0402. The highest BCUT2D eigenvalue weighted by molar-refractivity contribution is 5.49. The van der Waals surface area contributed by atoms with Gasteiger partial charge >= 0.3 is 0 Å². The monoisotopic (exact) mass is 253 g/mol. The Morgan fingerprint density at radius 3 is 1.58 bits per heavy atom. The van der Waals surface area contributed by atoms with Gasteiger partial charge in [-0.1, -0.05) is 55.8 Å². The van der Waals surface area contributed by atoms with Crippen molar-refractivity contribution in [2.24, 2.45) is 0 Å². The van der Waals surface area contributed by atoms with Crippen LogP contribution in [0.3, 0.4) is 0 Å². The van der Waals surface area contributed by atoms with Crippen LogP contribution in [0.4, 0.5) is 5.69 Å². The summed E-state index contributed by atoms with van der Waals surface area (Å²) in [6.07, 6.45) is 0. The lowest BCUT2D eigenvalue weighted by atomic mass is 9.78. The van der Waals surface area contributed by atoms with Gasteiger partial charge in [-0.15, -0.1) is 0 Å². The zero-order valence-electron chi connectivity index (χ0n) is 12.6. The zero-order valence-corrected chi connectivity index (χ0v) is 12.6. The van der Waals surface area contributed by atoms with Crippen LogP contribution in [0.5, 0.6) is 0 Å². The molecule has 0 aromatic heterocycles. The van der Waals surface area contributed by atoms with Gasteiger partial charge in [-0.2, -0.15) is 0 Å². The maximum absolute atomic E-state index is 2.28. The van der Waals surface area contributed by atoms with Crippen molar-refractivity contribution in [2.45, 2.75) is 26.2 Å². The number of rotatable bonds is 3. The van der Waals surface area contributed by atoms with E-state index in [-0.39, 0.29) is 5.41 Å². The minimum absolute atomic E-state index is 0.0402. The van der Waals surface area contributed by atoms with Gasteiger partial charge in [-0.3, -0.25) is 0 Å². The summed E-state index contributed by atoms with van der Waals surface area (Å²) in [6.45, 7) is 6.69. The Morgan fingerprint density at radius 1 is 0.737 bits per heavy atom. The Kier molecular flexibility index (Phi) is 3.66. The van der Waals surface area contributed by atoms with E-state index in [0.717, 1.165) is 0 Å². The molecule has 1 heteroatoms. The van der Waals surface area contributed by atoms with Crippen LogP contribution in [0.15, 0.2) is 48.5 Å². The molecule has 0 aliphatic rings. The van der Waals surface area contributed by atoms with Gasteiger partial charge in [0.05, 0.1) is 0 Å². The molecule has 19 heavy (non-hydrogen) atoms. The van der Waals surface area contributed by atoms with Crippen molar-refractivity contribution in [2.75, 3.05) is 19.0 Å². The Labute approximate surface area is 116 Å². The first-order valence-corrected chi connectivity index (χ1v) is 6.76. The lowest BCUT2D eigenvalue weighted by molar-refractivity contribution is 0.640. The van der Waals surface area contributed by atoms with Crippen LogP contribution in [-0.2, 0) is 5.41 Å². The topological polar surface area (TPSA) is 3.24 Å². The fourth-order valence-electron chi connectivity index (χ4n) is 2.31. The third-order valence-electron chi connectivity index (χ3n) is 3.88. The van der Waals surface area contributed by atoms with Crippen LogP contribution < -0.4 is 4.90 Å². The van der Waals surface area contributed by atoms with Gasteiger partial charge in [0.2, 0.25) is 0 Å². The minimum Gasteiger partial charge on any atom is -0.378 e. The standard InChI is InChI=1S/C18H23N/c1-14-6-8-15(9-7-14)18(2,3)16-10-12-17(13-11-16)19(4)5/h6-13H,1-5H3. The van der Waals surface area contributed by atoms with E-state index in [0.29, 0.717) is 0 Å². The van der Waals surface area contributed by atoms with E-state index in [4.69, 9.17) is 0 Å². The molecule has 0 amide bonds. The average Bonchev–Trinajstić information content (AvgIpc) is 2.39. The molecular weight excluding hydrogens is 230 g/mol. The molecule has 0 N–H and O–H groups in total. The van der Waals surface area contributed by atoms with Crippen LogP contribution in [0.2, 0.25) is 0 Å². The van der Waals surface area contributed by atoms with Gasteiger partial charge in [-0.25, -0.2) is 0 Å². The number of benzene rings is 2. The van der Waals surface area contributed by atoms with E-state index < -0.39 is 0 Å². The third-order valence-corrected chi connectivity index (χ3v) is 3.88. The van der Waals surface area contributed by atoms with E-state index >= 15 is 0 Å². The molecule has 0 heterocycles. The lowest BCUT2D eigenvalue weighted by Gasteiger charge is -2.27. The zero-order chi connectivity index (χ0) is 14.0. The second kappa shape index (κ2) is 5.08. The number of nitrogens with zero attached hydrogens (tertiary/aromatic N) is 1. The highest BCUT2D eigenvalue weighted by atomic mass is 15.1. The number of hydrogen-bond donors (Lipinski definition) is 0. The Morgan fingerprint density at radius 2 is 1.16 bits per heavy atom. The molecule has 0 saturated heterocycles. The van der Waals surface area contributed by atoms with Crippen molar-refractivity contribution in [1.29, 1.82) is 0 Å². The highest BCUT2D eigenvalue weighted by Crippen LogP contribution is 2.32. The van der Waals surface area contributed by atoms with Crippen LogP contribution in [0.25, 0.3) is 0 Å². The van der Waals surface area contributed by atoms with Gasteiger partial charge < -0.3 is 4.90 Å². The van der Waals surface area contributed by atoms with Crippen molar-refractivity contribution < 1.29 is 0 Å². The molecule has 0 unspecified atom stereocenters. The molecule has 2 aromatic carbocycles. The van der Waals surface area contributed by atoms with Crippen molar-refractivity contribution >= 4 is 5.69 Å². The Balaban J connectivity index is 2.35. The first-order chi connectivity index (χ1) is 8.91. The second-order valence-corrected chi connectivity index (χ2v) is 5.93. The van der Waals surface area contributed by atoms with Gasteiger partial charge in [0.25, 0.3) is 0 Å².